The van der Waals surface area contributed by atoms with Crippen molar-refractivity contribution in [1.82, 2.24) is 0 Å². The Morgan fingerprint density at radius 2 is 1.65 bits per heavy atom. The molecule has 6 heteroatoms. The van der Waals surface area contributed by atoms with E-state index in [1.807, 2.05) is 5.38 Å². The zero-order valence-corrected chi connectivity index (χ0v) is 14.8. The molecule has 3 aliphatic rings. The molecule has 2 saturated carbocycles. The summed E-state index contributed by atoms with van der Waals surface area (Å²) in [5.41, 5.74) is 0.560. The normalized spacial score (nSPS) is 29.3. The van der Waals surface area contributed by atoms with Crippen LogP contribution in [0.2, 0.25) is 0 Å². The summed E-state index contributed by atoms with van der Waals surface area (Å²) < 4.78 is 5.33. The molecule has 2 aliphatic carbocycles. The van der Waals surface area contributed by atoms with Crippen LogP contribution in [0.25, 0.3) is 0 Å². The van der Waals surface area contributed by atoms with E-state index >= 15 is 0 Å². The van der Waals surface area contributed by atoms with E-state index in [-0.39, 0.29) is 23.7 Å². The first-order valence-corrected chi connectivity index (χ1v) is 9.75. The maximum absolute atomic E-state index is 12.8. The first-order valence-electron chi connectivity index (χ1n) is 8.87. The van der Waals surface area contributed by atoms with Crippen LogP contribution in [0.4, 0.5) is 5.69 Å². The lowest BCUT2D eigenvalue weighted by molar-refractivity contribution is -0.123. The fourth-order valence-corrected chi connectivity index (χ4v) is 5.48. The van der Waals surface area contributed by atoms with Crippen LogP contribution in [0.3, 0.4) is 0 Å². The molecule has 2 aromatic rings. The molecule has 4 atom stereocenters. The number of anilines is 1. The number of benzene rings is 1. The molecule has 26 heavy (non-hydrogen) atoms. The number of amides is 2. The second-order valence-electron chi connectivity index (χ2n) is 7.26. The molecule has 132 valence electrons. The number of rotatable bonds is 3. The molecular weight excluding hydrogens is 350 g/mol. The lowest BCUT2D eigenvalue weighted by Crippen LogP contribution is -2.32. The highest BCUT2D eigenvalue weighted by atomic mass is 32.1. The molecule has 5 rings (SSSR count). The molecule has 1 aromatic heterocycles. The van der Waals surface area contributed by atoms with E-state index in [0.717, 1.165) is 19.3 Å². The number of thiophene rings is 1. The van der Waals surface area contributed by atoms with Crippen molar-refractivity contribution in [2.24, 2.45) is 23.7 Å². The average Bonchev–Trinajstić information content (AvgIpc) is 3.41. The molecule has 2 amide bonds. The molecule has 0 unspecified atom stereocenters. The van der Waals surface area contributed by atoms with Gasteiger partial charge in [-0.25, -0.2) is 4.79 Å². The van der Waals surface area contributed by atoms with Crippen molar-refractivity contribution in [2.45, 2.75) is 19.3 Å². The van der Waals surface area contributed by atoms with E-state index in [2.05, 4.69) is 0 Å². The minimum absolute atomic E-state index is 0.0597. The van der Waals surface area contributed by atoms with E-state index < -0.39 is 5.97 Å². The van der Waals surface area contributed by atoms with E-state index in [1.54, 1.807) is 36.4 Å². The van der Waals surface area contributed by atoms with Crippen molar-refractivity contribution in [3.8, 4) is 5.75 Å². The second-order valence-corrected chi connectivity index (χ2v) is 8.21. The minimum Gasteiger partial charge on any atom is -0.422 e. The third-order valence-corrected chi connectivity index (χ3v) is 6.81. The fraction of sp³-hybridized carbons (Fsp3) is 0.350. The molecule has 2 bridgehead atoms. The third kappa shape index (κ3) is 2.25. The summed E-state index contributed by atoms with van der Waals surface area (Å²) in [6.45, 7) is 0. The number of hydrogen-bond donors (Lipinski definition) is 0. The van der Waals surface area contributed by atoms with Crippen molar-refractivity contribution in [2.75, 3.05) is 4.90 Å². The highest BCUT2D eigenvalue weighted by Crippen LogP contribution is 2.56. The predicted octanol–water partition coefficient (Wildman–Crippen LogP) is 3.50. The number of carbonyl (C=O) groups excluding carboxylic acids is 3. The topological polar surface area (TPSA) is 63.7 Å². The number of carbonyl (C=O) groups is 3. The summed E-state index contributed by atoms with van der Waals surface area (Å²) in [5, 5.41) is 1.81. The van der Waals surface area contributed by atoms with Gasteiger partial charge in [0.05, 0.1) is 17.5 Å². The van der Waals surface area contributed by atoms with Gasteiger partial charge in [0, 0.05) is 0 Å². The van der Waals surface area contributed by atoms with Gasteiger partial charge in [-0.15, -0.1) is 11.3 Å². The molecular formula is C20H17NO4S. The summed E-state index contributed by atoms with van der Waals surface area (Å²) in [5.74, 6) is 0.356. The van der Waals surface area contributed by atoms with Gasteiger partial charge >= 0.3 is 5.97 Å². The molecule has 1 saturated heterocycles. The quantitative estimate of drug-likeness (QED) is 0.473. The van der Waals surface area contributed by atoms with Gasteiger partial charge in [0.1, 0.15) is 10.6 Å². The van der Waals surface area contributed by atoms with E-state index in [1.165, 1.54) is 16.2 Å². The lowest BCUT2D eigenvalue weighted by Gasteiger charge is -2.19. The van der Waals surface area contributed by atoms with Crippen LogP contribution >= 0.6 is 11.3 Å². The van der Waals surface area contributed by atoms with E-state index in [4.69, 9.17) is 4.74 Å². The van der Waals surface area contributed by atoms with Crippen LogP contribution in [-0.2, 0) is 9.59 Å². The number of imide groups is 1. The Labute approximate surface area is 154 Å². The molecule has 1 aromatic carbocycles. The molecule has 0 radical (unpaired) electrons. The third-order valence-electron chi connectivity index (χ3n) is 5.96. The maximum atomic E-state index is 12.8. The zero-order chi connectivity index (χ0) is 17.8. The monoisotopic (exact) mass is 367 g/mol. The molecule has 0 N–H and O–H groups in total. The molecule has 2 heterocycles. The zero-order valence-electron chi connectivity index (χ0n) is 14.0. The summed E-state index contributed by atoms with van der Waals surface area (Å²) in [7, 11) is 0. The predicted molar refractivity (Wildman–Crippen MR) is 96.0 cm³/mol. The molecule has 0 spiro atoms. The van der Waals surface area contributed by atoms with Gasteiger partial charge in [-0.3, -0.25) is 14.5 Å². The summed E-state index contributed by atoms with van der Waals surface area (Å²) in [4.78, 5) is 39.5. The Kier molecular flexibility index (Phi) is 3.50. The summed E-state index contributed by atoms with van der Waals surface area (Å²) in [6, 6.07) is 10.1. The van der Waals surface area contributed by atoms with Gasteiger partial charge in [0.15, 0.2) is 0 Å². The highest BCUT2D eigenvalue weighted by Gasteiger charge is 2.61. The van der Waals surface area contributed by atoms with E-state index in [0.29, 0.717) is 28.1 Å². The van der Waals surface area contributed by atoms with Crippen LogP contribution in [0, 0.1) is 23.7 Å². The summed E-state index contributed by atoms with van der Waals surface area (Å²) >= 11 is 1.32. The Bertz CT molecular complexity index is 861. The van der Waals surface area contributed by atoms with Crippen molar-refractivity contribution in [1.29, 1.82) is 0 Å². The Hall–Kier alpha value is -2.47. The van der Waals surface area contributed by atoms with Crippen LogP contribution in [0.1, 0.15) is 28.9 Å². The van der Waals surface area contributed by atoms with Gasteiger partial charge in [0.25, 0.3) is 0 Å². The number of hydrogen-bond acceptors (Lipinski definition) is 5. The smallest absolute Gasteiger partial charge is 0.353 e. The van der Waals surface area contributed by atoms with Crippen LogP contribution < -0.4 is 9.64 Å². The van der Waals surface area contributed by atoms with E-state index in [9.17, 15) is 14.4 Å². The van der Waals surface area contributed by atoms with Crippen molar-refractivity contribution < 1.29 is 19.1 Å². The van der Waals surface area contributed by atoms with Crippen molar-refractivity contribution >= 4 is 34.8 Å². The number of esters is 1. The molecule has 3 fully saturated rings. The molecule has 1 aliphatic heterocycles. The fourth-order valence-electron chi connectivity index (χ4n) is 4.88. The first-order chi connectivity index (χ1) is 12.6. The van der Waals surface area contributed by atoms with Gasteiger partial charge in [0.2, 0.25) is 11.8 Å². The van der Waals surface area contributed by atoms with Gasteiger partial charge < -0.3 is 4.74 Å². The van der Waals surface area contributed by atoms with Crippen LogP contribution in [0.5, 0.6) is 5.75 Å². The highest BCUT2D eigenvalue weighted by molar-refractivity contribution is 7.12. The first kappa shape index (κ1) is 15.8. The van der Waals surface area contributed by atoms with Gasteiger partial charge in [-0.05, 0) is 66.8 Å². The lowest BCUT2D eigenvalue weighted by atomic mass is 9.81. The molecule has 5 nitrogen and oxygen atoms in total. The second kappa shape index (κ2) is 5.77. The largest absolute Gasteiger partial charge is 0.422 e. The SMILES string of the molecule is O=C(Oc1ccc(N2C(=O)[C@@H]3[C@@H]4CC[C@@H](C4)[C@@H]3C2=O)cc1)c1cccs1. The Morgan fingerprint density at radius 1 is 1.00 bits per heavy atom. The van der Waals surface area contributed by atoms with Gasteiger partial charge in [-0.1, -0.05) is 6.07 Å². The summed E-state index contributed by atoms with van der Waals surface area (Å²) in [6.07, 6.45) is 3.16. The van der Waals surface area contributed by atoms with Gasteiger partial charge in [-0.2, -0.15) is 0 Å². The number of fused-ring (bicyclic) bond motifs is 5. The number of nitrogens with zero attached hydrogens (tertiary/aromatic N) is 1. The maximum Gasteiger partial charge on any atom is 0.353 e. The minimum atomic E-state index is -0.410. The van der Waals surface area contributed by atoms with Crippen LogP contribution in [0.15, 0.2) is 41.8 Å². The van der Waals surface area contributed by atoms with Crippen molar-refractivity contribution in [3.63, 3.8) is 0 Å². The van der Waals surface area contributed by atoms with Crippen molar-refractivity contribution in [3.05, 3.63) is 46.7 Å². The average molecular weight is 367 g/mol. The Balaban J connectivity index is 1.36. The standard InChI is InChI=1S/C20H17NO4S/c22-18-16-11-3-4-12(10-11)17(16)19(23)21(18)13-5-7-14(8-6-13)25-20(24)15-2-1-9-26-15/h1-2,5-9,11-12,16-17H,3-4,10H2/t11-,12+,16-,17+. The van der Waals surface area contributed by atoms with Crippen LogP contribution in [-0.4, -0.2) is 17.8 Å². The number of ether oxygens (including phenoxy) is 1. The Morgan fingerprint density at radius 3 is 2.23 bits per heavy atom.